The maximum atomic E-state index is 12.2. The topological polar surface area (TPSA) is 55.8 Å². The van der Waals surface area contributed by atoms with E-state index in [-0.39, 0.29) is 18.1 Å². The highest BCUT2D eigenvalue weighted by atomic mass is 16.3. The molecule has 2 aliphatic rings. The van der Waals surface area contributed by atoms with E-state index in [1.165, 1.54) is 31.5 Å². The number of aliphatic hydroxyl groups is 1. The smallest absolute Gasteiger partial charge is 0.317 e. The second kappa shape index (κ2) is 8.68. The van der Waals surface area contributed by atoms with E-state index in [1.54, 1.807) is 11.9 Å². The van der Waals surface area contributed by atoms with Gasteiger partial charge >= 0.3 is 6.03 Å². The van der Waals surface area contributed by atoms with Crippen LogP contribution >= 0.6 is 0 Å². The molecule has 2 amide bonds. The zero-order chi connectivity index (χ0) is 17.6. The summed E-state index contributed by atoms with van der Waals surface area (Å²) in [5, 5.41) is 12.9. The lowest BCUT2D eigenvalue weighted by Crippen LogP contribution is -2.40. The monoisotopic (exact) mass is 345 g/mol. The fraction of sp³-hybridized carbons (Fsp3) is 0.650. The van der Waals surface area contributed by atoms with Gasteiger partial charge in [0.1, 0.15) is 0 Å². The van der Waals surface area contributed by atoms with E-state index in [0.29, 0.717) is 13.1 Å². The van der Waals surface area contributed by atoms with Crippen LogP contribution in [0.1, 0.15) is 43.2 Å². The Balaban J connectivity index is 1.41. The van der Waals surface area contributed by atoms with Gasteiger partial charge in [-0.05, 0) is 49.9 Å². The van der Waals surface area contributed by atoms with Gasteiger partial charge < -0.3 is 15.3 Å². The Labute approximate surface area is 151 Å². The molecule has 1 aliphatic carbocycles. The molecule has 1 aromatic rings. The van der Waals surface area contributed by atoms with Crippen molar-refractivity contribution in [1.29, 1.82) is 0 Å². The Hall–Kier alpha value is -1.59. The van der Waals surface area contributed by atoms with Crippen molar-refractivity contribution < 1.29 is 9.90 Å². The van der Waals surface area contributed by atoms with E-state index in [0.717, 1.165) is 31.4 Å². The van der Waals surface area contributed by atoms with Gasteiger partial charge in [-0.15, -0.1) is 0 Å². The van der Waals surface area contributed by atoms with Crippen LogP contribution in [0.2, 0.25) is 0 Å². The second-order valence-electron chi connectivity index (χ2n) is 7.60. The van der Waals surface area contributed by atoms with E-state index in [1.807, 2.05) is 0 Å². The second-order valence-corrected chi connectivity index (χ2v) is 7.60. The molecule has 2 fully saturated rings. The van der Waals surface area contributed by atoms with Crippen molar-refractivity contribution in [3.8, 4) is 0 Å². The van der Waals surface area contributed by atoms with Gasteiger partial charge in [0.15, 0.2) is 0 Å². The average Bonchev–Trinajstić information content (AvgIpc) is 3.26. The summed E-state index contributed by atoms with van der Waals surface area (Å²) < 4.78 is 0. The highest BCUT2D eigenvalue weighted by Crippen LogP contribution is 2.25. The molecule has 5 heteroatoms. The maximum Gasteiger partial charge on any atom is 0.317 e. The van der Waals surface area contributed by atoms with Crippen LogP contribution < -0.4 is 5.32 Å². The number of urea groups is 1. The molecule has 0 bridgehead atoms. The third kappa shape index (κ3) is 5.19. The fourth-order valence-electron chi connectivity index (χ4n) is 3.94. The molecule has 0 radical (unpaired) electrons. The third-order valence-electron chi connectivity index (χ3n) is 5.55. The van der Waals surface area contributed by atoms with Gasteiger partial charge in [0.25, 0.3) is 0 Å². The van der Waals surface area contributed by atoms with Gasteiger partial charge in [0.2, 0.25) is 0 Å². The normalized spacial score (nSPS) is 23.8. The van der Waals surface area contributed by atoms with Gasteiger partial charge in [-0.2, -0.15) is 0 Å². The molecule has 0 unspecified atom stereocenters. The molecule has 1 heterocycles. The standard InChI is InChI=1S/C20H31N3O2/c1-22(15-18-5-4-6-19(18)24)20(25)21-13-16-7-9-17(10-8-16)14-23-11-2-3-12-23/h7-10,18-19,24H,2-6,11-15H2,1H3,(H,21,25)/t18-,19+/m1/s1. The molecule has 0 spiro atoms. The number of benzene rings is 1. The molecule has 138 valence electrons. The molecule has 25 heavy (non-hydrogen) atoms. The Bertz CT molecular complexity index is 555. The van der Waals surface area contributed by atoms with Crippen molar-refractivity contribution in [2.45, 2.75) is 51.3 Å². The first kappa shape index (κ1) is 18.2. The number of carbonyl (C=O) groups excluding carboxylic acids is 1. The van der Waals surface area contributed by atoms with Gasteiger partial charge in [0, 0.05) is 32.6 Å². The number of nitrogens with one attached hydrogen (secondary N) is 1. The zero-order valence-corrected chi connectivity index (χ0v) is 15.3. The summed E-state index contributed by atoms with van der Waals surface area (Å²) in [4.78, 5) is 16.4. The predicted molar refractivity (Wildman–Crippen MR) is 99.2 cm³/mol. The van der Waals surface area contributed by atoms with Crippen molar-refractivity contribution in [3.05, 3.63) is 35.4 Å². The maximum absolute atomic E-state index is 12.2. The van der Waals surface area contributed by atoms with E-state index in [2.05, 4.69) is 34.5 Å². The minimum atomic E-state index is -0.251. The number of rotatable bonds is 6. The van der Waals surface area contributed by atoms with Crippen molar-refractivity contribution in [2.75, 3.05) is 26.7 Å². The summed E-state index contributed by atoms with van der Waals surface area (Å²) in [6, 6.07) is 8.47. The Morgan fingerprint density at radius 1 is 1.16 bits per heavy atom. The largest absolute Gasteiger partial charge is 0.393 e. The molecule has 1 saturated carbocycles. The number of hydrogen-bond acceptors (Lipinski definition) is 3. The SMILES string of the molecule is CN(C[C@H]1CCC[C@@H]1O)C(=O)NCc1ccc(CN2CCCC2)cc1. The number of nitrogens with zero attached hydrogens (tertiary/aromatic N) is 2. The van der Waals surface area contributed by atoms with Crippen LogP contribution in [0.5, 0.6) is 0 Å². The lowest BCUT2D eigenvalue weighted by atomic mass is 10.1. The zero-order valence-electron chi connectivity index (χ0n) is 15.3. The Morgan fingerprint density at radius 2 is 1.84 bits per heavy atom. The molecule has 2 N–H and O–H groups in total. The van der Waals surface area contributed by atoms with Crippen LogP contribution in [-0.4, -0.2) is 53.7 Å². The first-order chi connectivity index (χ1) is 12.1. The molecule has 3 rings (SSSR count). The Kier molecular flexibility index (Phi) is 6.32. The summed E-state index contributed by atoms with van der Waals surface area (Å²) in [5.74, 6) is 0.223. The van der Waals surface area contributed by atoms with Gasteiger partial charge in [-0.25, -0.2) is 4.79 Å². The number of carbonyl (C=O) groups is 1. The molecular weight excluding hydrogens is 314 g/mol. The molecule has 1 aliphatic heterocycles. The molecule has 1 saturated heterocycles. The van der Waals surface area contributed by atoms with Gasteiger partial charge in [-0.3, -0.25) is 4.90 Å². The first-order valence-corrected chi connectivity index (χ1v) is 9.59. The van der Waals surface area contributed by atoms with Crippen molar-refractivity contribution in [2.24, 2.45) is 5.92 Å². The average molecular weight is 345 g/mol. The summed E-state index contributed by atoms with van der Waals surface area (Å²) in [5.41, 5.74) is 2.46. The van der Waals surface area contributed by atoms with E-state index < -0.39 is 0 Å². The van der Waals surface area contributed by atoms with Crippen molar-refractivity contribution in [3.63, 3.8) is 0 Å². The van der Waals surface area contributed by atoms with Crippen LogP contribution in [0.4, 0.5) is 4.79 Å². The predicted octanol–water partition coefficient (Wildman–Crippen LogP) is 2.58. The van der Waals surface area contributed by atoms with Crippen LogP contribution in [-0.2, 0) is 13.1 Å². The van der Waals surface area contributed by atoms with Gasteiger partial charge in [-0.1, -0.05) is 30.7 Å². The van der Waals surface area contributed by atoms with Crippen molar-refractivity contribution in [1.82, 2.24) is 15.1 Å². The molecule has 2 atom stereocenters. The van der Waals surface area contributed by atoms with Gasteiger partial charge in [0.05, 0.1) is 6.10 Å². The number of likely N-dealkylation sites (tertiary alicyclic amines) is 1. The van der Waals surface area contributed by atoms with Crippen molar-refractivity contribution >= 4 is 6.03 Å². The van der Waals surface area contributed by atoms with E-state index >= 15 is 0 Å². The summed E-state index contributed by atoms with van der Waals surface area (Å²) in [6.07, 6.45) is 5.32. The van der Waals surface area contributed by atoms with Crippen LogP contribution in [0.15, 0.2) is 24.3 Å². The minimum Gasteiger partial charge on any atom is -0.393 e. The van der Waals surface area contributed by atoms with E-state index in [9.17, 15) is 9.90 Å². The highest BCUT2D eigenvalue weighted by Gasteiger charge is 2.27. The molecule has 1 aromatic carbocycles. The number of aliphatic hydroxyl groups excluding tert-OH is 1. The lowest BCUT2D eigenvalue weighted by Gasteiger charge is -2.23. The first-order valence-electron chi connectivity index (χ1n) is 9.59. The van der Waals surface area contributed by atoms with Crippen LogP contribution in [0.3, 0.4) is 0 Å². The molecule has 5 nitrogen and oxygen atoms in total. The van der Waals surface area contributed by atoms with E-state index in [4.69, 9.17) is 0 Å². The summed E-state index contributed by atoms with van der Waals surface area (Å²) in [7, 11) is 1.81. The number of amides is 2. The Morgan fingerprint density at radius 3 is 2.48 bits per heavy atom. The third-order valence-corrected chi connectivity index (χ3v) is 5.55. The quantitative estimate of drug-likeness (QED) is 0.833. The fourth-order valence-corrected chi connectivity index (χ4v) is 3.94. The highest BCUT2D eigenvalue weighted by molar-refractivity contribution is 5.73. The van der Waals surface area contributed by atoms with Crippen LogP contribution in [0.25, 0.3) is 0 Å². The molecular formula is C20H31N3O2. The lowest BCUT2D eigenvalue weighted by molar-refractivity contribution is 0.114. The summed E-state index contributed by atoms with van der Waals surface area (Å²) >= 11 is 0. The van der Waals surface area contributed by atoms with Crippen LogP contribution in [0, 0.1) is 5.92 Å². The summed E-state index contributed by atoms with van der Waals surface area (Å²) in [6.45, 7) is 4.61. The number of hydrogen-bond donors (Lipinski definition) is 2. The molecule has 0 aromatic heterocycles. The minimum absolute atomic E-state index is 0.0692.